The van der Waals surface area contributed by atoms with E-state index in [4.69, 9.17) is 0 Å². The van der Waals surface area contributed by atoms with Crippen LogP contribution in [0.25, 0.3) is 0 Å². The highest BCUT2D eigenvalue weighted by Gasteiger charge is 2.31. The van der Waals surface area contributed by atoms with E-state index < -0.39 is 0 Å². The van der Waals surface area contributed by atoms with Crippen molar-refractivity contribution in [3.05, 3.63) is 24.0 Å². The van der Waals surface area contributed by atoms with Gasteiger partial charge in [-0.1, -0.05) is 0 Å². The monoisotopic (exact) mass is 235 g/mol. The smallest absolute Gasteiger partial charge is 0.221 e. The molecule has 1 heterocycles. The van der Waals surface area contributed by atoms with Gasteiger partial charge in [-0.2, -0.15) is 0 Å². The molecule has 1 aromatic rings. The van der Waals surface area contributed by atoms with Crippen molar-refractivity contribution in [3.8, 4) is 0 Å². The van der Waals surface area contributed by atoms with Crippen LogP contribution in [0.15, 0.2) is 18.5 Å². The summed E-state index contributed by atoms with van der Waals surface area (Å²) in [6.07, 6.45) is 7.41. The van der Waals surface area contributed by atoms with Gasteiger partial charge in [0, 0.05) is 38.4 Å². The maximum atomic E-state index is 11.2. The predicted octanol–water partition coefficient (Wildman–Crippen LogP) is 1.29. The van der Waals surface area contributed by atoms with Crippen LogP contribution in [0, 0.1) is 5.92 Å². The largest absolute Gasteiger partial charge is 0.359 e. The molecule has 0 bridgehead atoms. The van der Waals surface area contributed by atoms with Crippen LogP contribution in [-0.2, 0) is 11.3 Å². The number of aryl methyl sites for hydroxylation is 1. The van der Waals surface area contributed by atoms with E-state index in [1.807, 2.05) is 7.05 Å². The quantitative estimate of drug-likeness (QED) is 0.780. The summed E-state index contributed by atoms with van der Waals surface area (Å²) in [6.45, 7) is 0.751. The van der Waals surface area contributed by atoms with Crippen LogP contribution in [0.4, 0.5) is 0 Å². The Morgan fingerprint density at radius 1 is 1.53 bits per heavy atom. The number of carbonyl (C=O) groups is 1. The summed E-state index contributed by atoms with van der Waals surface area (Å²) in [7, 11) is 3.69. The van der Waals surface area contributed by atoms with Crippen molar-refractivity contribution in [2.75, 3.05) is 14.1 Å². The van der Waals surface area contributed by atoms with Gasteiger partial charge in [-0.15, -0.1) is 0 Å². The van der Waals surface area contributed by atoms with Gasteiger partial charge in [0.1, 0.15) is 0 Å². The summed E-state index contributed by atoms with van der Waals surface area (Å²) in [5.74, 6) is 0.891. The fourth-order valence-corrected chi connectivity index (χ4v) is 2.24. The molecular formula is C13H21N3O. The third-order valence-electron chi connectivity index (χ3n) is 3.41. The minimum Gasteiger partial charge on any atom is -0.359 e. The van der Waals surface area contributed by atoms with Crippen LogP contribution < -0.4 is 10.6 Å². The Balaban J connectivity index is 1.92. The number of nitrogens with zero attached hydrogens (tertiary/aromatic N) is 1. The van der Waals surface area contributed by atoms with Gasteiger partial charge in [-0.05, 0) is 37.4 Å². The van der Waals surface area contributed by atoms with Gasteiger partial charge >= 0.3 is 0 Å². The van der Waals surface area contributed by atoms with Crippen LogP contribution in [-0.4, -0.2) is 24.6 Å². The molecular weight excluding hydrogens is 214 g/mol. The standard InChI is InChI=1S/C13H21N3O/c1-14-12(17)6-8-16-7-5-11(9-16)13(15-2)10-3-4-10/h5,7,9-10,13,15H,3-4,6,8H2,1-2H3,(H,14,17). The van der Waals surface area contributed by atoms with E-state index in [-0.39, 0.29) is 5.91 Å². The lowest BCUT2D eigenvalue weighted by atomic mass is 10.1. The normalized spacial score (nSPS) is 16.8. The highest BCUT2D eigenvalue weighted by molar-refractivity contribution is 5.75. The Morgan fingerprint density at radius 2 is 2.29 bits per heavy atom. The summed E-state index contributed by atoms with van der Waals surface area (Å²) in [6, 6.07) is 2.64. The number of hydrogen-bond acceptors (Lipinski definition) is 2. The third-order valence-corrected chi connectivity index (χ3v) is 3.41. The zero-order valence-electron chi connectivity index (χ0n) is 10.6. The lowest BCUT2D eigenvalue weighted by Crippen LogP contribution is -2.19. The maximum absolute atomic E-state index is 11.2. The van der Waals surface area contributed by atoms with Crippen molar-refractivity contribution in [2.24, 2.45) is 5.92 Å². The Morgan fingerprint density at radius 3 is 2.88 bits per heavy atom. The summed E-state index contributed by atoms with van der Waals surface area (Å²) < 4.78 is 2.09. The average molecular weight is 235 g/mol. The lowest BCUT2D eigenvalue weighted by molar-refractivity contribution is -0.120. The molecule has 17 heavy (non-hydrogen) atoms. The molecule has 1 aliphatic rings. The van der Waals surface area contributed by atoms with Gasteiger partial charge in [0.2, 0.25) is 5.91 Å². The first kappa shape index (κ1) is 12.2. The van der Waals surface area contributed by atoms with E-state index in [0.717, 1.165) is 12.5 Å². The molecule has 1 aliphatic carbocycles. The first-order chi connectivity index (χ1) is 8.24. The molecule has 0 aromatic carbocycles. The zero-order chi connectivity index (χ0) is 12.3. The minimum absolute atomic E-state index is 0.0904. The second-order valence-corrected chi connectivity index (χ2v) is 4.71. The fourth-order valence-electron chi connectivity index (χ4n) is 2.24. The SMILES string of the molecule is CNC(=O)CCn1ccc(C(NC)C2CC2)c1. The molecule has 94 valence electrons. The molecule has 0 spiro atoms. The van der Waals surface area contributed by atoms with Crippen molar-refractivity contribution >= 4 is 5.91 Å². The summed E-state index contributed by atoms with van der Waals surface area (Å²) in [5.41, 5.74) is 1.34. The van der Waals surface area contributed by atoms with E-state index in [0.29, 0.717) is 12.5 Å². The van der Waals surface area contributed by atoms with Gasteiger partial charge < -0.3 is 15.2 Å². The number of nitrogens with one attached hydrogen (secondary N) is 2. The molecule has 0 radical (unpaired) electrons. The van der Waals surface area contributed by atoms with E-state index in [2.05, 4.69) is 33.7 Å². The molecule has 1 saturated carbocycles. The van der Waals surface area contributed by atoms with Gasteiger partial charge in [0.25, 0.3) is 0 Å². The average Bonchev–Trinajstić information content (AvgIpc) is 3.06. The van der Waals surface area contributed by atoms with Gasteiger partial charge in [0.15, 0.2) is 0 Å². The van der Waals surface area contributed by atoms with Crippen molar-refractivity contribution in [2.45, 2.75) is 31.8 Å². The number of aromatic nitrogens is 1. The third kappa shape index (κ3) is 3.09. The molecule has 1 unspecified atom stereocenters. The zero-order valence-corrected chi connectivity index (χ0v) is 10.6. The van der Waals surface area contributed by atoms with E-state index >= 15 is 0 Å². The molecule has 0 saturated heterocycles. The molecule has 1 atom stereocenters. The van der Waals surface area contributed by atoms with E-state index in [1.54, 1.807) is 7.05 Å². The Kier molecular flexibility index (Phi) is 3.84. The first-order valence-corrected chi connectivity index (χ1v) is 6.28. The number of hydrogen-bond donors (Lipinski definition) is 2. The van der Waals surface area contributed by atoms with Crippen LogP contribution in [0.5, 0.6) is 0 Å². The Hall–Kier alpha value is -1.29. The second kappa shape index (κ2) is 5.36. The lowest BCUT2D eigenvalue weighted by Gasteiger charge is -2.13. The van der Waals surface area contributed by atoms with Crippen molar-refractivity contribution in [1.82, 2.24) is 15.2 Å². The Labute approximate surface area is 102 Å². The number of carbonyl (C=O) groups excluding carboxylic acids is 1. The van der Waals surface area contributed by atoms with Crippen molar-refractivity contribution < 1.29 is 4.79 Å². The summed E-state index contributed by atoms with van der Waals surface area (Å²) in [4.78, 5) is 11.2. The highest BCUT2D eigenvalue weighted by atomic mass is 16.1. The summed E-state index contributed by atoms with van der Waals surface area (Å²) >= 11 is 0. The number of amides is 1. The molecule has 2 rings (SSSR count). The molecule has 4 nitrogen and oxygen atoms in total. The highest BCUT2D eigenvalue weighted by Crippen LogP contribution is 2.40. The van der Waals surface area contributed by atoms with Gasteiger partial charge in [-0.25, -0.2) is 0 Å². The topological polar surface area (TPSA) is 46.1 Å². The molecule has 1 amide bonds. The summed E-state index contributed by atoms with van der Waals surface area (Å²) in [5, 5.41) is 6.02. The van der Waals surface area contributed by atoms with Gasteiger partial charge in [-0.3, -0.25) is 4.79 Å². The molecule has 4 heteroatoms. The van der Waals surface area contributed by atoms with Crippen molar-refractivity contribution in [3.63, 3.8) is 0 Å². The first-order valence-electron chi connectivity index (χ1n) is 6.28. The van der Waals surface area contributed by atoms with Crippen LogP contribution in [0.1, 0.15) is 30.9 Å². The van der Waals surface area contributed by atoms with Crippen LogP contribution in [0.2, 0.25) is 0 Å². The van der Waals surface area contributed by atoms with E-state index in [1.165, 1.54) is 18.4 Å². The van der Waals surface area contributed by atoms with Crippen LogP contribution in [0.3, 0.4) is 0 Å². The Bertz CT molecular complexity index is 382. The fraction of sp³-hybridized carbons (Fsp3) is 0.615. The molecule has 2 N–H and O–H groups in total. The molecule has 1 aromatic heterocycles. The molecule has 1 fully saturated rings. The van der Waals surface area contributed by atoms with E-state index in [9.17, 15) is 4.79 Å². The second-order valence-electron chi connectivity index (χ2n) is 4.71. The maximum Gasteiger partial charge on any atom is 0.221 e. The van der Waals surface area contributed by atoms with Crippen LogP contribution >= 0.6 is 0 Å². The van der Waals surface area contributed by atoms with Gasteiger partial charge in [0.05, 0.1) is 0 Å². The molecule has 0 aliphatic heterocycles. The van der Waals surface area contributed by atoms with Crippen molar-refractivity contribution in [1.29, 1.82) is 0 Å². The predicted molar refractivity (Wildman–Crippen MR) is 67.6 cm³/mol. The minimum atomic E-state index is 0.0904. The number of rotatable bonds is 6.